The fourth-order valence-corrected chi connectivity index (χ4v) is 3.42. The molecule has 0 aromatic heterocycles. The number of esters is 1. The maximum atomic E-state index is 14.1. The third-order valence-electron chi connectivity index (χ3n) is 4.22. The topological polar surface area (TPSA) is 43.4 Å². The first-order valence-corrected chi connectivity index (χ1v) is 6.55. The summed E-state index contributed by atoms with van der Waals surface area (Å²) in [7, 11) is 0. The van der Waals surface area contributed by atoms with E-state index in [0.717, 1.165) is 6.42 Å². The summed E-state index contributed by atoms with van der Waals surface area (Å²) in [4.78, 5) is 23.8. The number of carbonyl (C=O) groups is 2. The SMILES string of the molecule is CC(C)(C)OC(=O)C1[C@@H]2CC[C@@]1(C)[C@H](F)C(=O)C2. The molecule has 2 saturated carbocycles. The van der Waals surface area contributed by atoms with Gasteiger partial charge in [-0.25, -0.2) is 4.39 Å². The Bertz CT molecular complexity index is 385. The molecule has 2 aliphatic carbocycles. The van der Waals surface area contributed by atoms with Crippen LogP contribution in [-0.2, 0) is 14.3 Å². The number of ether oxygens (including phenoxy) is 1. The van der Waals surface area contributed by atoms with Gasteiger partial charge in [-0.15, -0.1) is 0 Å². The summed E-state index contributed by atoms with van der Waals surface area (Å²) in [6.07, 6.45) is -0.00407. The predicted octanol–water partition coefficient (Wildman–Crippen LogP) is 2.67. The molecule has 0 radical (unpaired) electrons. The molecular weight excluding hydrogens is 235 g/mol. The van der Waals surface area contributed by atoms with Gasteiger partial charge in [0.05, 0.1) is 5.92 Å². The first-order valence-electron chi connectivity index (χ1n) is 6.55. The second-order valence-corrected chi connectivity index (χ2v) is 6.85. The number of alkyl halides is 1. The van der Waals surface area contributed by atoms with Crippen LogP contribution in [0, 0.1) is 17.3 Å². The Hall–Kier alpha value is -0.930. The zero-order valence-corrected chi connectivity index (χ0v) is 11.5. The van der Waals surface area contributed by atoms with E-state index in [9.17, 15) is 14.0 Å². The van der Waals surface area contributed by atoms with Gasteiger partial charge < -0.3 is 4.74 Å². The summed E-state index contributed by atoms with van der Waals surface area (Å²) in [5.41, 5.74) is -1.43. The predicted molar refractivity (Wildman–Crippen MR) is 64.7 cm³/mol. The molecule has 0 spiro atoms. The second-order valence-electron chi connectivity index (χ2n) is 6.85. The van der Waals surface area contributed by atoms with Crippen LogP contribution in [0.3, 0.4) is 0 Å². The standard InChI is InChI=1S/C14H21FO3/c1-13(2,3)18-12(17)10-8-5-6-14(10,4)11(15)9(16)7-8/h8,10-11H,5-7H2,1-4H3/t8-,10?,11-,14-/m1/s1. The lowest BCUT2D eigenvalue weighted by atomic mass is 9.67. The molecular formula is C14H21FO3. The molecule has 2 fully saturated rings. The van der Waals surface area contributed by atoms with Gasteiger partial charge in [-0.3, -0.25) is 9.59 Å². The zero-order valence-electron chi connectivity index (χ0n) is 11.5. The molecule has 4 heteroatoms. The molecule has 0 N–H and O–H groups in total. The van der Waals surface area contributed by atoms with E-state index in [0.29, 0.717) is 6.42 Å². The van der Waals surface area contributed by atoms with Gasteiger partial charge in [0.25, 0.3) is 0 Å². The van der Waals surface area contributed by atoms with Crippen LogP contribution in [0.5, 0.6) is 0 Å². The molecule has 0 saturated heterocycles. The van der Waals surface area contributed by atoms with E-state index in [1.54, 1.807) is 27.7 Å². The van der Waals surface area contributed by atoms with Crippen molar-refractivity contribution < 1.29 is 18.7 Å². The van der Waals surface area contributed by atoms with Crippen molar-refractivity contribution in [1.29, 1.82) is 0 Å². The number of Topliss-reactive ketones (excluding diaryl/α,β-unsaturated/α-hetero) is 1. The van der Waals surface area contributed by atoms with Crippen molar-refractivity contribution >= 4 is 11.8 Å². The van der Waals surface area contributed by atoms with E-state index in [1.807, 2.05) is 0 Å². The first-order chi connectivity index (χ1) is 8.15. The van der Waals surface area contributed by atoms with Crippen molar-refractivity contribution in [2.45, 2.75) is 58.7 Å². The quantitative estimate of drug-likeness (QED) is 0.677. The van der Waals surface area contributed by atoms with E-state index < -0.39 is 23.1 Å². The van der Waals surface area contributed by atoms with Crippen molar-refractivity contribution in [2.75, 3.05) is 0 Å². The van der Waals surface area contributed by atoms with Crippen molar-refractivity contribution in [2.24, 2.45) is 17.3 Å². The Morgan fingerprint density at radius 1 is 1.44 bits per heavy atom. The van der Waals surface area contributed by atoms with Crippen molar-refractivity contribution in [3.63, 3.8) is 0 Å². The van der Waals surface area contributed by atoms with Crippen LogP contribution in [0.25, 0.3) is 0 Å². The number of hydrogen-bond donors (Lipinski definition) is 0. The van der Waals surface area contributed by atoms with Gasteiger partial charge in [0.15, 0.2) is 12.0 Å². The van der Waals surface area contributed by atoms with Gasteiger partial charge in [-0.05, 0) is 39.5 Å². The Morgan fingerprint density at radius 3 is 2.61 bits per heavy atom. The molecule has 0 aliphatic heterocycles. The van der Waals surface area contributed by atoms with E-state index in [1.165, 1.54) is 0 Å². The molecule has 0 heterocycles. The lowest BCUT2D eigenvalue weighted by molar-refractivity contribution is -0.170. The minimum absolute atomic E-state index is 0.0376. The average Bonchev–Trinajstić information content (AvgIpc) is 2.47. The van der Waals surface area contributed by atoms with Crippen LogP contribution >= 0.6 is 0 Å². The summed E-state index contributed by atoms with van der Waals surface area (Å²) >= 11 is 0. The number of hydrogen-bond acceptors (Lipinski definition) is 3. The van der Waals surface area contributed by atoms with Gasteiger partial charge in [0, 0.05) is 11.8 Å². The Kier molecular flexibility index (Phi) is 3.03. The van der Waals surface area contributed by atoms with Crippen LogP contribution in [0.15, 0.2) is 0 Å². The van der Waals surface area contributed by atoms with Crippen molar-refractivity contribution in [3.8, 4) is 0 Å². The zero-order chi connectivity index (χ0) is 13.7. The summed E-state index contributed by atoms with van der Waals surface area (Å²) in [5, 5.41) is 0. The smallest absolute Gasteiger partial charge is 0.310 e. The van der Waals surface area contributed by atoms with Crippen LogP contribution < -0.4 is 0 Å². The summed E-state index contributed by atoms with van der Waals surface area (Å²) in [5.74, 6) is -1.20. The van der Waals surface area contributed by atoms with Crippen molar-refractivity contribution in [3.05, 3.63) is 0 Å². The summed E-state index contributed by atoms with van der Waals surface area (Å²) < 4.78 is 19.5. The highest BCUT2D eigenvalue weighted by molar-refractivity contribution is 5.89. The molecule has 4 atom stereocenters. The number of carbonyl (C=O) groups excluding carboxylic acids is 2. The van der Waals surface area contributed by atoms with Gasteiger partial charge in [-0.1, -0.05) is 6.92 Å². The number of rotatable bonds is 1. The molecule has 2 bridgehead atoms. The molecule has 1 unspecified atom stereocenters. The maximum absolute atomic E-state index is 14.1. The van der Waals surface area contributed by atoms with Crippen LogP contribution in [0.2, 0.25) is 0 Å². The van der Waals surface area contributed by atoms with Crippen molar-refractivity contribution in [1.82, 2.24) is 0 Å². The van der Waals surface area contributed by atoms with Crippen LogP contribution in [0.4, 0.5) is 4.39 Å². The van der Waals surface area contributed by atoms with Gasteiger partial charge in [0.2, 0.25) is 0 Å². The molecule has 3 nitrogen and oxygen atoms in total. The first kappa shape index (κ1) is 13.5. The van der Waals surface area contributed by atoms with Crippen LogP contribution in [0.1, 0.15) is 47.0 Å². The maximum Gasteiger partial charge on any atom is 0.310 e. The highest BCUT2D eigenvalue weighted by atomic mass is 19.1. The minimum atomic E-state index is -1.52. The van der Waals surface area contributed by atoms with E-state index in [2.05, 4.69) is 0 Å². The summed E-state index contributed by atoms with van der Waals surface area (Å²) in [6, 6.07) is 0. The third-order valence-corrected chi connectivity index (χ3v) is 4.22. The van der Waals surface area contributed by atoms with Gasteiger partial charge in [0.1, 0.15) is 5.60 Å². The molecule has 2 aliphatic rings. The van der Waals surface area contributed by atoms with E-state index >= 15 is 0 Å². The minimum Gasteiger partial charge on any atom is -0.460 e. The number of halogens is 1. The molecule has 18 heavy (non-hydrogen) atoms. The number of fused-ring (bicyclic) bond motifs is 2. The number of ketones is 1. The monoisotopic (exact) mass is 256 g/mol. The highest BCUT2D eigenvalue weighted by Crippen LogP contribution is 2.56. The largest absolute Gasteiger partial charge is 0.460 e. The van der Waals surface area contributed by atoms with E-state index in [-0.39, 0.29) is 24.1 Å². The molecule has 0 amide bonds. The van der Waals surface area contributed by atoms with E-state index in [4.69, 9.17) is 4.74 Å². The Balaban J connectivity index is 2.24. The summed E-state index contributed by atoms with van der Waals surface area (Å²) in [6.45, 7) is 7.12. The lowest BCUT2D eigenvalue weighted by Gasteiger charge is -2.39. The molecule has 0 aromatic rings. The normalized spacial score (nSPS) is 39.8. The molecule has 0 aromatic carbocycles. The lowest BCUT2D eigenvalue weighted by Crippen LogP contribution is -2.49. The van der Waals surface area contributed by atoms with Gasteiger partial charge >= 0.3 is 5.97 Å². The average molecular weight is 256 g/mol. The fraction of sp³-hybridized carbons (Fsp3) is 0.857. The third kappa shape index (κ3) is 2.06. The second kappa shape index (κ2) is 4.04. The Labute approximate surface area is 107 Å². The highest BCUT2D eigenvalue weighted by Gasteiger charge is 2.60. The molecule has 102 valence electrons. The Morgan fingerprint density at radius 2 is 2.06 bits per heavy atom. The fourth-order valence-electron chi connectivity index (χ4n) is 3.42. The molecule has 2 rings (SSSR count). The van der Waals surface area contributed by atoms with Crippen LogP contribution in [-0.4, -0.2) is 23.5 Å². The van der Waals surface area contributed by atoms with Gasteiger partial charge in [-0.2, -0.15) is 0 Å².